The minimum Gasteiger partial charge on any atom is -0.352 e. The highest BCUT2D eigenvalue weighted by Gasteiger charge is 2.16. The molecule has 0 aliphatic heterocycles. The number of carbonyl (C=O) groups is 2. The first kappa shape index (κ1) is 18.4. The largest absolute Gasteiger partial charge is 0.352 e. The number of carbonyl (C=O) groups excluding carboxylic acids is 2. The average Bonchev–Trinajstić information content (AvgIpc) is 3.07. The molecule has 2 atom stereocenters. The molecule has 134 valence electrons. The van der Waals surface area contributed by atoms with Crippen LogP contribution < -0.4 is 16.0 Å². The molecule has 1 aromatic heterocycles. The van der Waals surface area contributed by atoms with Crippen molar-refractivity contribution in [2.75, 3.05) is 5.32 Å². The first-order chi connectivity index (χ1) is 12.0. The molecule has 0 fully saturated rings. The van der Waals surface area contributed by atoms with Gasteiger partial charge < -0.3 is 16.0 Å². The van der Waals surface area contributed by atoms with Gasteiger partial charge in [-0.15, -0.1) is 0 Å². The van der Waals surface area contributed by atoms with Crippen LogP contribution in [0.25, 0.3) is 0 Å². The maximum Gasteiger partial charge on any atom is 0.319 e. The smallest absolute Gasteiger partial charge is 0.319 e. The quantitative estimate of drug-likeness (QED) is 0.712. The molecule has 1 aromatic carbocycles. The summed E-state index contributed by atoms with van der Waals surface area (Å²) in [6, 6.07) is 6.46. The number of rotatable bonds is 7. The van der Waals surface area contributed by atoms with E-state index < -0.39 is 12.1 Å². The van der Waals surface area contributed by atoms with Gasteiger partial charge in [0.25, 0.3) is 0 Å². The number of amides is 3. The van der Waals surface area contributed by atoms with Crippen LogP contribution >= 0.6 is 0 Å². The Balaban J connectivity index is 1.88. The zero-order valence-electron chi connectivity index (χ0n) is 14.7. The lowest BCUT2D eigenvalue weighted by molar-refractivity contribution is -0.123. The number of nitrogens with zero attached hydrogens (tertiary/aromatic N) is 3. The summed E-state index contributed by atoms with van der Waals surface area (Å²) in [7, 11) is 0. The highest BCUT2D eigenvalue weighted by atomic mass is 16.2. The van der Waals surface area contributed by atoms with Gasteiger partial charge in [-0.05, 0) is 38.0 Å². The van der Waals surface area contributed by atoms with Crippen molar-refractivity contribution in [1.82, 2.24) is 25.4 Å². The number of nitrogens with one attached hydrogen (secondary N) is 3. The third-order valence-corrected chi connectivity index (χ3v) is 3.74. The normalized spacial score (nSPS) is 12.9. The molecule has 0 spiro atoms. The number of hydrogen-bond acceptors (Lipinski definition) is 4. The first-order valence-corrected chi connectivity index (χ1v) is 8.27. The van der Waals surface area contributed by atoms with Crippen LogP contribution in [0.5, 0.6) is 0 Å². The van der Waals surface area contributed by atoms with Gasteiger partial charge in [0.1, 0.15) is 18.7 Å². The summed E-state index contributed by atoms with van der Waals surface area (Å²) in [5, 5.41) is 12.3. The van der Waals surface area contributed by atoms with Gasteiger partial charge >= 0.3 is 6.03 Å². The monoisotopic (exact) mass is 344 g/mol. The number of hydrogen-bond donors (Lipinski definition) is 3. The second kappa shape index (κ2) is 8.81. The SMILES string of the molecule is CCC(C)NC(=O)C(C)NC(=O)Nc1cccc(Cn2cncn2)c1. The first-order valence-electron chi connectivity index (χ1n) is 8.27. The highest BCUT2D eigenvalue weighted by Crippen LogP contribution is 2.11. The van der Waals surface area contributed by atoms with Gasteiger partial charge in [-0.2, -0.15) is 5.10 Å². The number of anilines is 1. The van der Waals surface area contributed by atoms with Gasteiger partial charge in [-0.25, -0.2) is 14.5 Å². The van der Waals surface area contributed by atoms with Crippen molar-refractivity contribution >= 4 is 17.6 Å². The van der Waals surface area contributed by atoms with Crippen molar-refractivity contribution in [2.45, 2.75) is 45.8 Å². The van der Waals surface area contributed by atoms with Crippen molar-refractivity contribution in [3.63, 3.8) is 0 Å². The van der Waals surface area contributed by atoms with Crippen molar-refractivity contribution in [1.29, 1.82) is 0 Å². The molecule has 1 heterocycles. The van der Waals surface area contributed by atoms with E-state index in [0.717, 1.165) is 12.0 Å². The molecule has 0 saturated carbocycles. The topological polar surface area (TPSA) is 101 Å². The number of aromatic nitrogens is 3. The minimum atomic E-state index is -0.618. The van der Waals surface area contributed by atoms with Gasteiger partial charge in [0.15, 0.2) is 0 Å². The van der Waals surface area contributed by atoms with Crippen molar-refractivity contribution in [2.24, 2.45) is 0 Å². The predicted octanol–water partition coefficient (Wildman–Crippen LogP) is 1.75. The average molecular weight is 344 g/mol. The molecule has 0 bridgehead atoms. The molecule has 3 amide bonds. The van der Waals surface area contributed by atoms with E-state index >= 15 is 0 Å². The third-order valence-electron chi connectivity index (χ3n) is 3.74. The maximum absolute atomic E-state index is 12.1. The molecule has 3 N–H and O–H groups in total. The summed E-state index contributed by atoms with van der Waals surface area (Å²) in [6.07, 6.45) is 3.94. The Labute approximate surface area is 147 Å². The van der Waals surface area contributed by atoms with E-state index in [9.17, 15) is 9.59 Å². The van der Waals surface area contributed by atoms with Gasteiger partial charge in [0.05, 0.1) is 6.54 Å². The predicted molar refractivity (Wildman–Crippen MR) is 95.1 cm³/mol. The van der Waals surface area contributed by atoms with Crippen molar-refractivity contribution in [3.8, 4) is 0 Å². The van der Waals surface area contributed by atoms with E-state index in [1.807, 2.05) is 32.0 Å². The van der Waals surface area contributed by atoms with E-state index in [0.29, 0.717) is 12.2 Å². The summed E-state index contributed by atoms with van der Waals surface area (Å²) in [5.74, 6) is -0.204. The molecular formula is C17H24N6O2. The molecule has 8 nitrogen and oxygen atoms in total. The van der Waals surface area contributed by atoms with Crippen LogP contribution in [0.15, 0.2) is 36.9 Å². The summed E-state index contributed by atoms with van der Waals surface area (Å²) in [5.41, 5.74) is 1.62. The van der Waals surface area contributed by atoms with E-state index in [-0.39, 0.29) is 11.9 Å². The molecule has 25 heavy (non-hydrogen) atoms. The summed E-state index contributed by atoms with van der Waals surface area (Å²) < 4.78 is 1.69. The second-order valence-corrected chi connectivity index (χ2v) is 5.93. The number of benzene rings is 1. The Morgan fingerprint density at radius 2 is 2.04 bits per heavy atom. The van der Waals surface area contributed by atoms with Crippen LogP contribution in [0.4, 0.5) is 10.5 Å². The van der Waals surface area contributed by atoms with Crippen LogP contribution in [0.1, 0.15) is 32.8 Å². The summed E-state index contributed by atoms with van der Waals surface area (Å²) in [6.45, 7) is 6.12. The maximum atomic E-state index is 12.1. The van der Waals surface area contributed by atoms with E-state index in [1.54, 1.807) is 24.0 Å². The zero-order chi connectivity index (χ0) is 18.2. The highest BCUT2D eigenvalue weighted by molar-refractivity contribution is 5.93. The summed E-state index contributed by atoms with van der Waals surface area (Å²) >= 11 is 0. The Kier molecular flexibility index (Phi) is 6.50. The Hall–Kier alpha value is -2.90. The van der Waals surface area contributed by atoms with E-state index in [1.165, 1.54) is 6.33 Å². The molecular weight excluding hydrogens is 320 g/mol. The Bertz CT molecular complexity index is 701. The van der Waals surface area contributed by atoms with Crippen molar-refractivity contribution in [3.05, 3.63) is 42.5 Å². The van der Waals surface area contributed by atoms with Crippen LogP contribution in [-0.4, -0.2) is 38.8 Å². The fraction of sp³-hybridized carbons (Fsp3) is 0.412. The fourth-order valence-electron chi connectivity index (χ4n) is 2.15. The van der Waals surface area contributed by atoms with Crippen LogP contribution in [0.2, 0.25) is 0 Å². The van der Waals surface area contributed by atoms with Gasteiger partial charge in [-0.1, -0.05) is 19.1 Å². The molecule has 8 heteroatoms. The van der Waals surface area contributed by atoms with Crippen molar-refractivity contribution < 1.29 is 9.59 Å². The fourth-order valence-corrected chi connectivity index (χ4v) is 2.15. The Morgan fingerprint density at radius 1 is 1.24 bits per heavy atom. The minimum absolute atomic E-state index is 0.0771. The van der Waals surface area contributed by atoms with Gasteiger partial charge in [0, 0.05) is 11.7 Å². The van der Waals surface area contributed by atoms with Crippen LogP contribution in [0.3, 0.4) is 0 Å². The van der Waals surface area contributed by atoms with E-state index in [4.69, 9.17) is 0 Å². The van der Waals surface area contributed by atoms with Crippen LogP contribution in [0, 0.1) is 0 Å². The standard InChI is InChI=1S/C17H24N6O2/c1-4-12(2)20-16(24)13(3)21-17(25)22-15-7-5-6-14(8-15)9-23-11-18-10-19-23/h5-8,10-13H,4,9H2,1-3H3,(H,20,24)(H2,21,22,25). The van der Waals surface area contributed by atoms with Gasteiger partial charge in [-0.3, -0.25) is 4.79 Å². The molecule has 0 aliphatic rings. The van der Waals surface area contributed by atoms with Gasteiger partial charge in [0.2, 0.25) is 5.91 Å². The molecule has 2 aromatic rings. The lowest BCUT2D eigenvalue weighted by Crippen LogP contribution is -2.48. The molecule has 0 radical (unpaired) electrons. The molecule has 0 saturated heterocycles. The summed E-state index contributed by atoms with van der Waals surface area (Å²) in [4.78, 5) is 27.9. The zero-order valence-corrected chi connectivity index (χ0v) is 14.7. The molecule has 2 unspecified atom stereocenters. The lowest BCUT2D eigenvalue weighted by Gasteiger charge is -2.18. The Morgan fingerprint density at radius 3 is 2.72 bits per heavy atom. The van der Waals surface area contributed by atoms with Crippen LogP contribution in [-0.2, 0) is 11.3 Å². The second-order valence-electron chi connectivity index (χ2n) is 5.93. The third kappa shape index (κ3) is 5.91. The lowest BCUT2D eigenvalue weighted by atomic mass is 10.2. The number of urea groups is 1. The molecule has 0 aliphatic carbocycles. The van der Waals surface area contributed by atoms with E-state index in [2.05, 4.69) is 26.0 Å². The molecule has 2 rings (SSSR count).